The smallest absolute Gasteiger partial charge is 0.275 e. The maximum Gasteiger partial charge on any atom is 0.275 e. The van der Waals surface area contributed by atoms with Crippen LogP contribution in [0.3, 0.4) is 0 Å². The van der Waals surface area contributed by atoms with Crippen molar-refractivity contribution >= 4 is 16.8 Å². The fraction of sp³-hybridized carbons (Fsp3) is 0.130. The van der Waals surface area contributed by atoms with E-state index in [-0.39, 0.29) is 24.5 Å². The highest BCUT2D eigenvalue weighted by atomic mass is 19.1. The van der Waals surface area contributed by atoms with Crippen LogP contribution < -0.4 is 10.9 Å². The van der Waals surface area contributed by atoms with Gasteiger partial charge < -0.3 is 14.5 Å². The first-order valence-electron chi connectivity index (χ1n) is 9.44. The third kappa shape index (κ3) is 4.15. The van der Waals surface area contributed by atoms with E-state index in [1.54, 1.807) is 59.4 Å². The normalized spacial score (nSPS) is 11.0. The molecule has 0 aliphatic carbocycles. The molecule has 30 heavy (non-hydrogen) atoms. The number of amides is 1. The van der Waals surface area contributed by atoms with Gasteiger partial charge in [0.2, 0.25) is 5.91 Å². The molecule has 0 atom stereocenters. The number of benzene rings is 2. The minimum absolute atomic E-state index is 0.0401. The molecule has 0 saturated carbocycles. The van der Waals surface area contributed by atoms with Gasteiger partial charge in [0.25, 0.3) is 5.56 Å². The minimum atomic E-state index is -0.400. The van der Waals surface area contributed by atoms with E-state index in [0.717, 1.165) is 10.9 Å². The van der Waals surface area contributed by atoms with E-state index >= 15 is 0 Å². The summed E-state index contributed by atoms with van der Waals surface area (Å²) >= 11 is 0. The largest absolute Gasteiger partial charge is 0.350 e. The van der Waals surface area contributed by atoms with Crippen LogP contribution in [0.25, 0.3) is 10.9 Å². The highest BCUT2D eigenvalue weighted by Gasteiger charge is 2.12. The molecule has 0 aliphatic rings. The van der Waals surface area contributed by atoms with Gasteiger partial charge in [-0.25, -0.2) is 8.78 Å². The van der Waals surface area contributed by atoms with Crippen molar-refractivity contribution in [1.82, 2.24) is 14.5 Å². The Labute approximate surface area is 171 Å². The van der Waals surface area contributed by atoms with Crippen LogP contribution in [-0.2, 0) is 24.4 Å². The van der Waals surface area contributed by atoms with Gasteiger partial charge in [-0.2, -0.15) is 0 Å². The third-order valence-electron chi connectivity index (χ3n) is 4.88. The quantitative estimate of drug-likeness (QED) is 0.532. The van der Waals surface area contributed by atoms with E-state index in [1.807, 2.05) is 0 Å². The summed E-state index contributed by atoms with van der Waals surface area (Å²) in [6, 6.07) is 15.9. The topological polar surface area (TPSA) is 56.0 Å². The summed E-state index contributed by atoms with van der Waals surface area (Å²) in [5.41, 5.74) is 1.21. The molecule has 0 spiro atoms. The molecule has 7 heteroatoms. The standard InChI is InChI=1S/C23H19F2N3O2/c24-19-6-3-4-16(12-19)14-27-10-8-17-9-11-28(23(30)22(17)27)15-21(29)26-13-18-5-1-2-7-20(18)25/h1-12H,13-15H2,(H,26,29). The van der Waals surface area contributed by atoms with Crippen LogP contribution in [0.4, 0.5) is 8.78 Å². The summed E-state index contributed by atoms with van der Waals surface area (Å²) in [5.74, 6) is -1.14. The fourth-order valence-electron chi connectivity index (χ4n) is 3.38. The van der Waals surface area contributed by atoms with Gasteiger partial charge in [-0.1, -0.05) is 30.3 Å². The lowest BCUT2D eigenvalue weighted by Crippen LogP contribution is -2.32. The number of aromatic nitrogens is 2. The van der Waals surface area contributed by atoms with Crippen LogP contribution >= 0.6 is 0 Å². The van der Waals surface area contributed by atoms with E-state index in [9.17, 15) is 18.4 Å². The molecule has 2 heterocycles. The number of hydrogen-bond donors (Lipinski definition) is 1. The molecular formula is C23H19F2N3O2. The van der Waals surface area contributed by atoms with Crippen molar-refractivity contribution in [3.63, 3.8) is 0 Å². The number of hydrogen-bond acceptors (Lipinski definition) is 2. The first kappa shape index (κ1) is 19.6. The van der Waals surface area contributed by atoms with Crippen molar-refractivity contribution in [3.05, 3.63) is 106 Å². The first-order valence-corrected chi connectivity index (χ1v) is 9.44. The molecule has 0 unspecified atom stereocenters. The molecule has 0 aliphatic heterocycles. The van der Waals surface area contributed by atoms with Crippen LogP contribution in [0.15, 0.2) is 77.9 Å². The lowest BCUT2D eigenvalue weighted by Gasteiger charge is -2.10. The van der Waals surface area contributed by atoms with Crippen LogP contribution in [0.2, 0.25) is 0 Å². The Balaban J connectivity index is 1.53. The average molecular weight is 407 g/mol. The molecule has 2 aromatic carbocycles. The Morgan fingerprint density at radius 1 is 0.933 bits per heavy atom. The van der Waals surface area contributed by atoms with Gasteiger partial charge in [0.15, 0.2) is 0 Å². The Kier molecular flexibility index (Phi) is 5.43. The summed E-state index contributed by atoms with van der Waals surface area (Å²) in [6.07, 6.45) is 3.32. The predicted octanol–water partition coefficient (Wildman–Crippen LogP) is 3.45. The van der Waals surface area contributed by atoms with Crippen molar-refractivity contribution in [2.24, 2.45) is 0 Å². The summed E-state index contributed by atoms with van der Waals surface area (Å²) in [7, 11) is 0. The van der Waals surface area contributed by atoms with E-state index in [1.165, 1.54) is 22.8 Å². The van der Waals surface area contributed by atoms with Crippen molar-refractivity contribution in [1.29, 1.82) is 0 Å². The van der Waals surface area contributed by atoms with Crippen LogP contribution in [0.1, 0.15) is 11.1 Å². The second-order valence-electron chi connectivity index (χ2n) is 6.99. The van der Waals surface area contributed by atoms with Gasteiger partial charge in [0.1, 0.15) is 23.7 Å². The Morgan fingerprint density at radius 3 is 2.47 bits per heavy atom. The Hall–Kier alpha value is -3.74. The lowest BCUT2D eigenvalue weighted by molar-refractivity contribution is -0.121. The number of pyridine rings is 1. The molecular weight excluding hydrogens is 388 g/mol. The summed E-state index contributed by atoms with van der Waals surface area (Å²) in [6.45, 7) is 0.187. The zero-order valence-electron chi connectivity index (χ0n) is 16.0. The number of carbonyl (C=O) groups excluding carboxylic acids is 1. The second kappa shape index (κ2) is 8.32. The zero-order chi connectivity index (χ0) is 21.1. The number of halogens is 2. The van der Waals surface area contributed by atoms with Gasteiger partial charge in [-0.3, -0.25) is 9.59 Å². The van der Waals surface area contributed by atoms with Gasteiger partial charge in [-0.05, 0) is 35.9 Å². The maximum absolute atomic E-state index is 13.7. The van der Waals surface area contributed by atoms with E-state index < -0.39 is 11.7 Å². The van der Waals surface area contributed by atoms with Crippen LogP contribution in [0.5, 0.6) is 0 Å². The van der Waals surface area contributed by atoms with Gasteiger partial charge in [0.05, 0.1) is 0 Å². The summed E-state index contributed by atoms with van der Waals surface area (Å²) < 4.78 is 30.2. The predicted molar refractivity (Wildman–Crippen MR) is 110 cm³/mol. The molecule has 1 amide bonds. The summed E-state index contributed by atoms with van der Waals surface area (Å²) in [4.78, 5) is 25.3. The van der Waals surface area contributed by atoms with Crippen molar-refractivity contribution in [2.75, 3.05) is 0 Å². The number of nitrogens with zero attached hydrogens (tertiary/aromatic N) is 2. The fourth-order valence-corrected chi connectivity index (χ4v) is 3.38. The number of fused-ring (bicyclic) bond motifs is 1. The molecule has 5 nitrogen and oxygen atoms in total. The Bertz CT molecular complexity index is 1280. The van der Waals surface area contributed by atoms with Crippen LogP contribution in [-0.4, -0.2) is 15.0 Å². The zero-order valence-corrected chi connectivity index (χ0v) is 16.0. The SMILES string of the molecule is O=C(Cn1ccc2ccn(Cc3cccc(F)c3)c2c1=O)NCc1ccccc1F. The molecule has 0 radical (unpaired) electrons. The first-order chi connectivity index (χ1) is 14.5. The molecule has 0 saturated heterocycles. The molecule has 152 valence electrons. The van der Waals surface area contributed by atoms with Gasteiger partial charge >= 0.3 is 0 Å². The molecule has 4 rings (SSSR count). The monoisotopic (exact) mass is 407 g/mol. The number of carbonyl (C=O) groups is 1. The van der Waals surface area contributed by atoms with E-state index in [2.05, 4.69) is 5.32 Å². The third-order valence-corrected chi connectivity index (χ3v) is 4.88. The maximum atomic E-state index is 13.7. The van der Waals surface area contributed by atoms with Crippen molar-refractivity contribution in [2.45, 2.75) is 19.6 Å². The van der Waals surface area contributed by atoms with Gasteiger partial charge in [0, 0.05) is 36.4 Å². The van der Waals surface area contributed by atoms with Gasteiger partial charge in [-0.15, -0.1) is 0 Å². The van der Waals surface area contributed by atoms with E-state index in [4.69, 9.17) is 0 Å². The second-order valence-corrected chi connectivity index (χ2v) is 6.99. The molecule has 0 bridgehead atoms. The van der Waals surface area contributed by atoms with Crippen LogP contribution in [0, 0.1) is 11.6 Å². The molecule has 0 fully saturated rings. The summed E-state index contributed by atoms with van der Waals surface area (Å²) in [5, 5.41) is 3.37. The van der Waals surface area contributed by atoms with Crippen molar-refractivity contribution in [3.8, 4) is 0 Å². The van der Waals surface area contributed by atoms with E-state index in [0.29, 0.717) is 17.6 Å². The lowest BCUT2D eigenvalue weighted by atomic mass is 10.2. The molecule has 1 N–H and O–H groups in total. The highest BCUT2D eigenvalue weighted by Crippen LogP contribution is 2.14. The van der Waals surface area contributed by atoms with Crippen molar-refractivity contribution < 1.29 is 13.6 Å². The Morgan fingerprint density at radius 2 is 1.70 bits per heavy atom. The molecule has 2 aromatic heterocycles. The minimum Gasteiger partial charge on any atom is -0.350 e. The number of rotatable bonds is 6. The average Bonchev–Trinajstić information content (AvgIpc) is 3.13. The molecule has 4 aromatic rings. The number of nitrogens with one attached hydrogen (secondary N) is 1. The highest BCUT2D eigenvalue weighted by molar-refractivity contribution is 5.80.